The number of nitrogens with zero attached hydrogens (tertiary/aromatic N) is 1. The molecule has 1 N–H and O–H groups in total. The van der Waals surface area contributed by atoms with E-state index in [1.165, 1.54) is 64.2 Å². The normalized spacial score (nSPS) is 15.4. The van der Waals surface area contributed by atoms with Crippen molar-refractivity contribution in [3.63, 3.8) is 0 Å². The molecule has 0 rings (SSSR count). The first kappa shape index (κ1) is 31.8. The molecule has 0 saturated carbocycles. The van der Waals surface area contributed by atoms with Gasteiger partial charge in [0.25, 0.3) is 0 Å². The molecule has 0 spiro atoms. The van der Waals surface area contributed by atoms with Crippen LogP contribution >= 0.6 is 0 Å². The van der Waals surface area contributed by atoms with E-state index in [0.29, 0.717) is 23.9 Å². The molecule has 4 heteroatoms. The molecule has 0 saturated heterocycles. The lowest BCUT2D eigenvalue weighted by atomic mass is 9.75. The maximum Gasteiger partial charge on any atom is 0.130 e. The highest BCUT2D eigenvalue weighted by Gasteiger charge is 2.26. The second kappa shape index (κ2) is 15.7. The first-order chi connectivity index (χ1) is 14.7. The summed E-state index contributed by atoms with van der Waals surface area (Å²) in [6, 6.07) is 0. The molecule has 4 nitrogen and oxygen atoms in total. The van der Waals surface area contributed by atoms with Crippen LogP contribution in [0, 0.1) is 10.8 Å². The van der Waals surface area contributed by atoms with Crippen LogP contribution in [0.2, 0.25) is 0 Å². The van der Waals surface area contributed by atoms with Crippen LogP contribution in [0.5, 0.6) is 0 Å². The molecule has 0 aromatic carbocycles. The Morgan fingerprint density at radius 2 is 1.25 bits per heavy atom. The average molecular weight is 458 g/mol. The summed E-state index contributed by atoms with van der Waals surface area (Å²) in [6.07, 6.45) is 14.6. The standard InChI is InChI=1S/C28H59NO3/c1-11-12-13-14-15-16-18-26(4,5)20-21-27(6,7)19-17-22-31-29(10)25(3)32-28(8,9)23-24(2)30/h24-25,30H,11-23H2,1-10H3. The number of aliphatic hydroxyl groups excluding tert-OH is 1. The van der Waals surface area contributed by atoms with Gasteiger partial charge in [-0.3, -0.25) is 4.84 Å². The Bertz CT molecular complexity index is 460. The van der Waals surface area contributed by atoms with Crippen LogP contribution in [0.4, 0.5) is 0 Å². The molecule has 0 aliphatic rings. The van der Waals surface area contributed by atoms with Gasteiger partial charge < -0.3 is 9.84 Å². The number of hydroxylamine groups is 2. The zero-order chi connectivity index (χ0) is 24.8. The summed E-state index contributed by atoms with van der Waals surface area (Å²) in [6.45, 7) is 20.5. The van der Waals surface area contributed by atoms with E-state index in [0.717, 1.165) is 6.42 Å². The molecule has 0 aliphatic carbocycles. The number of hydrogen-bond donors (Lipinski definition) is 1. The van der Waals surface area contributed by atoms with Gasteiger partial charge in [-0.25, -0.2) is 0 Å². The van der Waals surface area contributed by atoms with Gasteiger partial charge in [-0.15, -0.1) is 0 Å². The van der Waals surface area contributed by atoms with Crippen LogP contribution in [0.1, 0.15) is 139 Å². The third-order valence-corrected chi connectivity index (χ3v) is 6.77. The van der Waals surface area contributed by atoms with Gasteiger partial charge in [-0.05, 0) is 70.6 Å². The highest BCUT2D eigenvalue weighted by atomic mass is 16.7. The van der Waals surface area contributed by atoms with E-state index in [1.54, 1.807) is 12.0 Å². The monoisotopic (exact) mass is 457 g/mol. The van der Waals surface area contributed by atoms with Crippen molar-refractivity contribution in [1.29, 1.82) is 0 Å². The predicted molar refractivity (Wildman–Crippen MR) is 139 cm³/mol. The van der Waals surface area contributed by atoms with Crippen LogP contribution in [0.15, 0.2) is 0 Å². The van der Waals surface area contributed by atoms with E-state index in [9.17, 15) is 5.11 Å². The molecule has 0 radical (unpaired) electrons. The molecule has 0 aromatic rings. The van der Waals surface area contributed by atoms with Gasteiger partial charge in [-0.2, -0.15) is 5.06 Å². The first-order valence-electron chi connectivity index (χ1n) is 13.4. The third-order valence-electron chi connectivity index (χ3n) is 6.77. The van der Waals surface area contributed by atoms with E-state index >= 15 is 0 Å². The van der Waals surface area contributed by atoms with Gasteiger partial charge in [0.2, 0.25) is 0 Å². The smallest absolute Gasteiger partial charge is 0.130 e. The second-order valence-electron chi connectivity index (χ2n) is 12.4. The van der Waals surface area contributed by atoms with E-state index in [2.05, 4.69) is 34.6 Å². The molecule has 0 aliphatic heterocycles. The first-order valence-corrected chi connectivity index (χ1v) is 13.4. The van der Waals surface area contributed by atoms with Crippen molar-refractivity contribution in [2.24, 2.45) is 10.8 Å². The number of rotatable bonds is 20. The Kier molecular flexibility index (Phi) is 15.6. The summed E-state index contributed by atoms with van der Waals surface area (Å²) >= 11 is 0. The van der Waals surface area contributed by atoms with Gasteiger partial charge in [0.1, 0.15) is 6.23 Å². The zero-order valence-corrected chi connectivity index (χ0v) is 23.6. The summed E-state index contributed by atoms with van der Waals surface area (Å²) in [5.74, 6) is 0. The van der Waals surface area contributed by atoms with Gasteiger partial charge >= 0.3 is 0 Å². The van der Waals surface area contributed by atoms with Gasteiger partial charge in [0.05, 0.1) is 18.3 Å². The van der Waals surface area contributed by atoms with Crippen LogP contribution in [-0.2, 0) is 9.57 Å². The van der Waals surface area contributed by atoms with Crippen LogP contribution in [0.25, 0.3) is 0 Å². The lowest BCUT2D eigenvalue weighted by Gasteiger charge is -2.34. The molecular weight excluding hydrogens is 398 g/mol. The fourth-order valence-corrected chi connectivity index (χ4v) is 4.47. The molecule has 0 amide bonds. The molecule has 32 heavy (non-hydrogen) atoms. The molecule has 0 heterocycles. The van der Waals surface area contributed by atoms with Crippen LogP contribution in [-0.4, -0.2) is 41.8 Å². The largest absolute Gasteiger partial charge is 0.393 e. The quantitative estimate of drug-likeness (QED) is 0.114. The van der Waals surface area contributed by atoms with E-state index in [4.69, 9.17) is 9.57 Å². The Morgan fingerprint density at radius 3 is 1.78 bits per heavy atom. The molecule has 0 bridgehead atoms. The molecule has 0 aromatic heterocycles. The zero-order valence-electron chi connectivity index (χ0n) is 23.6. The van der Waals surface area contributed by atoms with Crippen molar-refractivity contribution in [3.8, 4) is 0 Å². The van der Waals surface area contributed by atoms with Crippen LogP contribution < -0.4 is 0 Å². The number of unbranched alkanes of at least 4 members (excludes halogenated alkanes) is 5. The molecular formula is C28H59NO3. The third kappa shape index (κ3) is 17.3. The fourth-order valence-electron chi connectivity index (χ4n) is 4.47. The highest BCUT2D eigenvalue weighted by molar-refractivity contribution is 4.76. The van der Waals surface area contributed by atoms with Crippen molar-refractivity contribution in [2.75, 3.05) is 13.7 Å². The summed E-state index contributed by atoms with van der Waals surface area (Å²) < 4.78 is 6.08. The summed E-state index contributed by atoms with van der Waals surface area (Å²) in [5, 5.41) is 11.4. The number of aliphatic hydroxyl groups is 1. The fraction of sp³-hybridized carbons (Fsp3) is 1.00. The van der Waals surface area contributed by atoms with E-state index in [1.807, 2.05) is 27.8 Å². The Balaban J connectivity index is 4.12. The molecule has 2 atom stereocenters. The SMILES string of the molecule is CCCCCCCCC(C)(C)CCC(C)(C)CCCON(C)C(C)OC(C)(C)CC(C)O. The maximum absolute atomic E-state index is 9.64. The van der Waals surface area contributed by atoms with Gasteiger partial charge in [0, 0.05) is 13.5 Å². The van der Waals surface area contributed by atoms with E-state index in [-0.39, 0.29) is 17.9 Å². The van der Waals surface area contributed by atoms with Crippen molar-refractivity contribution in [2.45, 2.75) is 157 Å². The minimum absolute atomic E-state index is 0.153. The lowest BCUT2D eigenvalue weighted by Crippen LogP contribution is -2.40. The number of ether oxygens (including phenoxy) is 1. The molecule has 0 fully saturated rings. The van der Waals surface area contributed by atoms with Crippen LogP contribution in [0.3, 0.4) is 0 Å². The maximum atomic E-state index is 9.64. The minimum atomic E-state index is -0.379. The lowest BCUT2D eigenvalue weighted by molar-refractivity contribution is -0.261. The van der Waals surface area contributed by atoms with Gasteiger partial charge in [0.15, 0.2) is 0 Å². The van der Waals surface area contributed by atoms with E-state index < -0.39 is 0 Å². The minimum Gasteiger partial charge on any atom is -0.393 e. The average Bonchev–Trinajstić information content (AvgIpc) is 2.65. The Labute approximate surface area is 201 Å². The second-order valence-corrected chi connectivity index (χ2v) is 12.4. The number of hydrogen-bond acceptors (Lipinski definition) is 4. The van der Waals surface area contributed by atoms with Crippen molar-refractivity contribution < 1.29 is 14.7 Å². The highest BCUT2D eigenvalue weighted by Crippen LogP contribution is 2.37. The molecule has 2 unspecified atom stereocenters. The summed E-state index contributed by atoms with van der Waals surface area (Å²) in [7, 11) is 1.93. The Morgan fingerprint density at radius 1 is 0.750 bits per heavy atom. The van der Waals surface area contributed by atoms with Gasteiger partial charge in [-0.1, -0.05) is 73.1 Å². The van der Waals surface area contributed by atoms with Crippen molar-refractivity contribution in [1.82, 2.24) is 5.06 Å². The Hall–Kier alpha value is -0.160. The summed E-state index contributed by atoms with van der Waals surface area (Å²) in [5.41, 5.74) is 0.418. The van der Waals surface area contributed by atoms with Crippen molar-refractivity contribution in [3.05, 3.63) is 0 Å². The topological polar surface area (TPSA) is 41.9 Å². The molecule has 194 valence electrons. The predicted octanol–water partition coefficient (Wildman–Crippen LogP) is 8.13. The summed E-state index contributed by atoms with van der Waals surface area (Å²) in [4.78, 5) is 5.93. The van der Waals surface area contributed by atoms with Crippen molar-refractivity contribution >= 4 is 0 Å².